The molecule has 0 radical (unpaired) electrons. The maximum absolute atomic E-state index is 11.2. The van der Waals surface area contributed by atoms with Crippen LogP contribution in [0.5, 0.6) is 17.2 Å². The zero-order valence-electron chi connectivity index (χ0n) is 10.4. The third-order valence-corrected chi connectivity index (χ3v) is 2.23. The molecule has 0 saturated carbocycles. The number of hydrogen-bond donors (Lipinski definition) is 1. The summed E-state index contributed by atoms with van der Waals surface area (Å²) in [6, 6.07) is 1.95. The number of carbonyl (C=O) groups is 1. The van der Waals surface area contributed by atoms with Crippen LogP contribution < -0.4 is 38.5 Å². The van der Waals surface area contributed by atoms with Crippen molar-refractivity contribution in [3.8, 4) is 17.2 Å². The standard InChI is InChI=1S/C9H10O8S.Na/c1-15-7-4-5(9(11)16-2)3-6(10)8(7)17-18(12,13)14;/h3-4,10H,1-2H3,(H,12,13,14);/q;+1/p-1. The monoisotopic (exact) mass is 300 g/mol. The Labute approximate surface area is 131 Å². The first-order valence-corrected chi connectivity index (χ1v) is 5.76. The molecule has 0 fully saturated rings. The zero-order valence-corrected chi connectivity index (χ0v) is 13.2. The Balaban J connectivity index is 0.00000324. The summed E-state index contributed by atoms with van der Waals surface area (Å²) in [6.45, 7) is 0. The Kier molecular flexibility index (Phi) is 6.60. The van der Waals surface area contributed by atoms with E-state index >= 15 is 0 Å². The summed E-state index contributed by atoms with van der Waals surface area (Å²) in [5.74, 6) is -2.51. The Morgan fingerprint density at radius 3 is 2.32 bits per heavy atom. The van der Waals surface area contributed by atoms with Gasteiger partial charge in [-0.15, -0.1) is 0 Å². The largest absolute Gasteiger partial charge is 1.00 e. The quantitative estimate of drug-likeness (QED) is 0.271. The van der Waals surface area contributed by atoms with Crippen LogP contribution in [0.25, 0.3) is 0 Å². The van der Waals surface area contributed by atoms with E-state index < -0.39 is 27.9 Å². The number of phenols is 1. The van der Waals surface area contributed by atoms with Crippen LogP contribution in [-0.2, 0) is 15.1 Å². The van der Waals surface area contributed by atoms with Gasteiger partial charge >= 0.3 is 35.5 Å². The summed E-state index contributed by atoms with van der Waals surface area (Å²) in [6.07, 6.45) is 0. The summed E-state index contributed by atoms with van der Waals surface area (Å²) in [5.41, 5.74) is -0.0949. The number of ether oxygens (including phenoxy) is 2. The third-order valence-electron chi connectivity index (χ3n) is 1.86. The number of rotatable bonds is 4. The minimum absolute atomic E-state index is 0. The maximum Gasteiger partial charge on any atom is 1.00 e. The molecule has 0 aliphatic rings. The summed E-state index contributed by atoms with van der Waals surface area (Å²) in [5, 5.41) is 9.49. The molecule has 0 atom stereocenters. The van der Waals surface area contributed by atoms with Gasteiger partial charge in [0.15, 0.2) is 11.5 Å². The van der Waals surface area contributed by atoms with E-state index in [-0.39, 0.29) is 40.9 Å². The fourth-order valence-electron chi connectivity index (χ4n) is 1.16. The number of benzene rings is 1. The number of phenolic OH excluding ortho intramolecular Hbond substituents is 1. The number of carbonyl (C=O) groups excluding carboxylic acids is 1. The van der Waals surface area contributed by atoms with Crippen LogP contribution in [0.15, 0.2) is 12.1 Å². The van der Waals surface area contributed by atoms with Gasteiger partial charge in [-0.1, -0.05) is 0 Å². The molecular weight excluding hydrogens is 291 g/mol. The molecule has 0 heterocycles. The number of methoxy groups -OCH3 is 2. The molecule has 0 saturated heterocycles. The fraction of sp³-hybridized carbons (Fsp3) is 0.222. The van der Waals surface area contributed by atoms with Crippen molar-refractivity contribution in [2.75, 3.05) is 14.2 Å². The van der Waals surface area contributed by atoms with Crippen LogP contribution in [0.1, 0.15) is 10.4 Å². The number of aromatic hydroxyl groups is 1. The summed E-state index contributed by atoms with van der Waals surface area (Å²) in [4.78, 5) is 11.2. The van der Waals surface area contributed by atoms with Gasteiger partial charge in [-0.05, 0) is 12.1 Å². The fourth-order valence-corrected chi connectivity index (χ4v) is 1.53. The Morgan fingerprint density at radius 1 is 1.32 bits per heavy atom. The van der Waals surface area contributed by atoms with Crippen molar-refractivity contribution in [1.82, 2.24) is 0 Å². The second kappa shape index (κ2) is 6.96. The first-order valence-electron chi connectivity index (χ1n) is 4.43. The van der Waals surface area contributed by atoms with Crippen LogP contribution in [0.2, 0.25) is 0 Å². The molecule has 1 N–H and O–H groups in total. The second-order valence-electron chi connectivity index (χ2n) is 3.01. The zero-order chi connectivity index (χ0) is 13.9. The van der Waals surface area contributed by atoms with Gasteiger partial charge in [-0.3, -0.25) is 0 Å². The average molecular weight is 300 g/mol. The summed E-state index contributed by atoms with van der Waals surface area (Å²) >= 11 is 0. The van der Waals surface area contributed by atoms with Gasteiger partial charge in [0.25, 0.3) is 10.4 Å². The molecule has 0 unspecified atom stereocenters. The third kappa shape index (κ3) is 4.88. The number of hydrogen-bond acceptors (Lipinski definition) is 8. The van der Waals surface area contributed by atoms with Gasteiger partial charge in [0.1, 0.15) is 0 Å². The molecule has 0 amide bonds. The Bertz CT molecular complexity index is 568. The molecule has 8 nitrogen and oxygen atoms in total. The minimum atomic E-state index is -5.08. The van der Waals surface area contributed by atoms with Crippen molar-refractivity contribution >= 4 is 16.4 Å². The molecule has 19 heavy (non-hydrogen) atoms. The van der Waals surface area contributed by atoms with Crippen LogP contribution in [-0.4, -0.2) is 38.3 Å². The van der Waals surface area contributed by atoms with Crippen molar-refractivity contribution in [2.45, 2.75) is 0 Å². The smallest absolute Gasteiger partial charge is 0.716 e. The first kappa shape index (κ1) is 18.0. The van der Waals surface area contributed by atoms with Gasteiger partial charge in [0, 0.05) is 0 Å². The number of esters is 1. The van der Waals surface area contributed by atoms with Gasteiger partial charge < -0.3 is 23.3 Å². The second-order valence-corrected chi connectivity index (χ2v) is 3.99. The van der Waals surface area contributed by atoms with Crippen LogP contribution >= 0.6 is 0 Å². The molecule has 0 aliphatic heterocycles. The Hall–Kier alpha value is -1.00. The van der Waals surface area contributed by atoms with Crippen molar-refractivity contribution in [2.24, 2.45) is 0 Å². The van der Waals surface area contributed by atoms with Gasteiger partial charge in [0.05, 0.1) is 19.8 Å². The van der Waals surface area contributed by atoms with E-state index in [0.717, 1.165) is 26.4 Å². The van der Waals surface area contributed by atoms with Crippen molar-refractivity contribution in [1.29, 1.82) is 0 Å². The van der Waals surface area contributed by atoms with E-state index in [1.165, 1.54) is 0 Å². The normalized spacial score (nSPS) is 10.3. The minimum Gasteiger partial charge on any atom is -0.716 e. The average Bonchev–Trinajstić information content (AvgIpc) is 2.28. The van der Waals surface area contributed by atoms with E-state index in [4.69, 9.17) is 4.74 Å². The Morgan fingerprint density at radius 2 is 1.89 bits per heavy atom. The predicted octanol–water partition coefficient (Wildman–Crippen LogP) is -2.97. The molecule has 1 rings (SSSR count). The maximum atomic E-state index is 11.2. The molecular formula is C9H9NaO8S. The van der Waals surface area contributed by atoms with E-state index in [2.05, 4.69) is 8.92 Å². The van der Waals surface area contributed by atoms with E-state index in [1.807, 2.05) is 0 Å². The van der Waals surface area contributed by atoms with Crippen LogP contribution in [0.4, 0.5) is 0 Å². The van der Waals surface area contributed by atoms with E-state index in [1.54, 1.807) is 0 Å². The van der Waals surface area contributed by atoms with Crippen LogP contribution in [0.3, 0.4) is 0 Å². The topological polar surface area (TPSA) is 122 Å². The van der Waals surface area contributed by atoms with Crippen LogP contribution in [0, 0.1) is 0 Å². The summed E-state index contributed by atoms with van der Waals surface area (Å²) in [7, 11) is -2.81. The summed E-state index contributed by atoms with van der Waals surface area (Å²) < 4.78 is 44.5. The molecule has 0 bridgehead atoms. The molecule has 1 aromatic rings. The van der Waals surface area contributed by atoms with Crippen molar-refractivity contribution in [3.05, 3.63) is 17.7 Å². The van der Waals surface area contributed by atoms with Crippen molar-refractivity contribution in [3.63, 3.8) is 0 Å². The van der Waals surface area contributed by atoms with Crippen molar-refractivity contribution < 1.29 is 66.1 Å². The molecule has 0 aromatic heterocycles. The van der Waals surface area contributed by atoms with E-state index in [9.17, 15) is 22.9 Å². The predicted molar refractivity (Wildman–Crippen MR) is 56.3 cm³/mol. The molecule has 100 valence electrons. The van der Waals surface area contributed by atoms with E-state index in [0.29, 0.717) is 0 Å². The van der Waals surface area contributed by atoms with Gasteiger partial charge in [-0.2, -0.15) is 0 Å². The molecule has 0 spiro atoms. The molecule has 10 heteroatoms. The SMILES string of the molecule is COC(=O)c1cc(O)c(OS(=O)(=O)[O-])c(OC)c1.[Na+]. The molecule has 0 aliphatic carbocycles. The van der Waals surface area contributed by atoms with Gasteiger partial charge in [-0.25, -0.2) is 13.2 Å². The van der Waals surface area contributed by atoms with Gasteiger partial charge in [0.2, 0.25) is 5.75 Å². The first-order chi connectivity index (χ1) is 8.28. The molecule has 1 aromatic carbocycles.